The molecule has 0 saturated heterocycles. The third-order valence-corrected chi connectivity index (χ3v) is 1.59. The van der Waals surface area contributed by atoms with E-state index in [1.807, 2.05) is 13.8 Å². The Labute approximate surface area is 87.8 Å². The molecule has 0 aliphatic heterocycles. The molecule has 84 valence electrons. The molecule has 0 atom stereocenters. The van der Waals surface area contributed by atoms with E-state index in [1.165, 1.54) is 6.07 Å². The number of carboxylic acids is 1. The van der Waals surface area contributed by atoms with Crippen molar-refractivity contribution in [3.8, 4) is 0 Å². The summed E-state index contributed by atoms with van der Waals surface area (Å²) in [6.07, 6.45) is 0. The van der Waals surface area contributed by atoms with Gasteiger partial charge in [0.15, 0.2) is 0 Å². The van der Waals surface area contributed by atoms with E-state index >= 15 is 0 Å². The molecule has 0 unspecified atom stereocenters. The monoisotopic (exact) mass is 213 g/mol. The summed E-state index contributed by atoms with van der Waals surface area (Å²) in [6, 6.07) is 2.97. The van der Waals surface area contributed by atoms with Gasteiger partial charge in [-0.1, -0.05) is 0 Å². The lowest BCUT2D eigenvalue weighted by molar-refractivity contribution is 0.0616. The molecule has 1 heterocycles. The maximum atomic E-state index is 10.5. The Kier molecular flexibility index (Phi) is 3.49. The number of ether oxygens (including phenoxy) is 1. The van der Waals surface area contributed by atoms with Crippen molar-refractivity contribution in [2.75, 3.05) is 6.61 Å². The quantitative estimate of drug-likeness (QED) is 0.768. The van der Waals surface area contributed by atoms with Crippen LogP contribution in [0.5, 0.6) is 0 Å². The first-order valence-corrected chi connectivity index (χ1v) is 4.57. The first kappa shape index (κ1) is 11.7. The van der Waals surface area contributed by atoms with Gasteiger partial charge in [0.05, 0.1) is 6.61 Å². The zero-order valence-electron chi connectivity index (χ0n) is 8.82. The number of hydrogen-bond acceptors (Lipinski definition) is 4. The first-order valence-electron chi connectivity index (χ1n) is 4.57. The zero-order chi connectivity index (χ0) is 11.5. The van der Waals surface area contributed by atoms with Gasteiger partial charge in [0.2, 0.25) is 5.76 Å². The number of carboxylic acid groups (broad SMARTS) is 1. The number of aromatic carboxylic acids is 1. The summed E-state index contributed by atoms with van der Waals surface area (Å²) in [5.41, 5.74) is 5.30. The molecule has 1 aromatic rings. The van der Waals surface area contributed by atoms with Crippen molar-refractivity contribution < 1.29 is 19.1 Å². The van der Waals surface area contributed by atoms with Gasteiger partial charge < -0.3 is 20.0 Å². The Bertz CT molecular complexity index is 337. The summed E-state index contributed by atoms with van der Waals surface area (Å²) in [6.45, 7) is 4.31. The molecular formula is C10H15NO4. The highest BCUT2D eigenvalue weighted by atomic mass is 16.5. The lowest BCUT2D eigenvalue weighted by Gasteiger charge is -2.17. The highest BCUT2D eigenvalue weighted by Gasteiger charge is 2.12. The maximum absolute atomic E-state index is 10.5. The molecule has 0 radical (unpaired) electrons. The van der Waals surface area contributed by atoms with Gasteiger partial charge in [0, 0.05) is 5.54 Å². The SMILES string of the molecule is CC(C)(N)COCc1ccc(C(=O)O)o1. The average molecular weight is 213 g/mol. The molecule has 1 aromatic heterocycles. The van der Waals surface area contributed by atoms with Crippen molar-refractivity contribution in [2.45, 2.75) is 26.0 Å². The van der Waals surface area contributed by atoms with E-state index in [1.54, 1.807) is 6.07 Å². The van der Waals surface area contributed by atoms with E-state index in [-0.39, 0.29) is 12.4 Å². The lowest BCUT2D eigenvalue weighted by atomic mass is 10.1. The highest BCUT2D eigenvalue weighted by molar-refractivity contribution is 5.84. The number of nitrogens with two attached hydrogens (primary N) is 1. The predicted octanol–water partition coefficient (Wildman–Crippen LogP) is 1.23. The van der Waals surface area contributed by atoms with Gasteiger partial charge in [-0.3, -0.25) is 0 Å². The molecule has 0 bridgehead atoms. The van der Waals surface area contributed by atoms with Crippen LogP contribution in [0.25, 0.3) is 0 Å². The van der Waals surface area contributed by atoms with Crippen LogP contribution in [0.3, 0.4) is 0 Å². The minimum Gasteiger partial charge on any atom is -0.475 e. The molecule has 0 aromatic carbocycles. The summed E-state index contributed by atoms with van der Waals surface area (Å²) >= 11 is 0. The Morgan fingerprint density at radius 3 is 2.73 bits per heavy atom. The fraction of sp³-hybridized carbons (Fsp3) is 0.500. The Hall–Kier alpha value is -1.33. The molecule has 5 nitrogen and oxygen atoms in total. The van der Waals surface area contributed by atoms with E-state index < -0.39 is 11.5 Å². The molecule has 0 saturated carbocycles. The molecule has 0 amide bonds. The molecular weight excluding hydrogens is 198 g/mol. The summed E-state index contributed by atoms with van der Waals surface area (Å²) < 4.78 is 10.3. The molecule has 15 heavy (non-hydrogen) atoms. The van der Waals surface area contributed by atoms with Crippen molar-refractivity contribution >= 4 is 5.97 Å². The Balaban J connectivity index is 2.41. The summed E-state index contributed by atoms with van der Waals surface area (Å²) in [5.74, 6) is -0.683. The fourth-order valence-electron chi connectivity index (χ4n) is 0.985. The van der Waals surface area contributed by atoms with Crippen molar-refractivity contribution in [1.29, 1.82) is 0 Å². The summed E-state index contributed by atoms with van der Waals surface area (Å²) in [4.78, 5) is 10.5. The van der Waals surface area contributed by atoms with Crippen LogP contribution in [0, 0.1) is 0 Å². The average Bonchev–Trinajstić information content (AvgIpc) is 2.50. The minimum absolute atomic E-state index is 0.0828. The fourth-order valence-corrected chi connectivity index (χ4v) is 0.985. The molecule has 0 spiro atoms. The van der Waals surface area contributed by atoms with Crippen molar-refractivity contribution in [2.24, 2.45) is 5.73 Å². The molecule has 1 rings (SSSR count). The van der Waals surface area contributed by atoms with Crippen LogP contribution in [0.15, 0.2) is 16.5 Å². The number of carbonyl (C=O) groups is 1. The third-order valence-electron chi connectivity index (χ3n) is 1.59. The van der Waals surface area contributed by atoms with Crippen LogP contribution < -0.4 is 5.73 Å². The van der Waals surface area contributed by atoms with Gasteiger partial charge in [-0.2, -0.15) is 0 Å². The topological polar surface area (TPSA) is 85.7 Å². The van der Waals surface area contributed by atoms with Gasteiger partial charge in [0.1, 0.15) is 12.4 Å². The van der Waals surface area contributed by atoms with Gasteiger partial charge in [-0.05, 0) is 26.0 Å². The van der Waals surface area contributed by atoms with Crippen LogP contribution in [0.2, 0.25) is 0 Å². The molecule has 0 fully saturated rings. The summed E-state index contributed by atoms with van der Waals surface area (Å²) in [5, 5.41) is 8.60. The van der Waals surface area contributed by atoms with Gasteiger partial charge in [-0.15, -0.1) is 0 Å². The Morgan fingerprint density at radius 2 is 2.27 bits per heavy atom. The smallest absolute Gasteiger partial charge is 0.371 e. The maximum Gasteiger partial charge on any atom is 0.371 e. The minimum atomic E-state index is -1.08. The molecule has 0 aliphatic carbocycles. The number of hydrogen-bond donors (Lipinski definition) is 2. The number of rotatable bonds is 5. The normalized spacial score (nSPS) is 11.7. The van der Waals surface area contributed by atoms with Gasteiger partial charge in [0.25, 0.3) is 0 Å². The van der Waals surface area contributed by atoms with Gasteiger partial charge >= 0.3 is 5.97 Å². The standard InChI is InChI=1S/C10H15NO4/c1-10(2,11)6-14-5-7-3-4-8(15-7)9(12)13/h3-4H,5-6,11H2,1-2H3,(H,12,13). The third kappa shape index (κ3) is 4.14. The van der Waals surface area contributed by atoms with Crippen LogP contribution in [0.1, 0.15) is 30.2 Å². The second-order valence-corrected chi connectivity index (χ2v) is 4.05. The van der Waals surface area contributed by atoms with Gasteiger partial charge in [-0.25, -0.2) is 4.79 Å². The van der Waals surface area contributed by atoms with Crippen LogP contribution in [-0.2, 0) is 11.3 Å². The molecule has 0 aliphatic rings. The highest BCUT2D eigenvalue weighted by Crippen LogP contribution is 2.09. The van der Waals surface area contributed by atoms with Crippen molar-refractivity contribution in [3.05, 3.63) is 23.7 Å². The van der Waals surface area contributed by atoms with Crippen molar-refractivity contribution in [1.82, 2.24) is 0 Å². The van der Waals surface area contributed by atoms with E-state index in [9.17, 15) is 4.79 Å². The molecule has 5 heteroatoms. The van der Waals surface area contributed by atoms with Crippen LogP contribution >= 0.6 is 0 Å². The summed E-state index contributed by atoms with van der Waals surface area (Å²) in [7, 11) is 0. The van der Waals surface area contributed by atoms with Crippen LogP contribution in [0.4, 0.5) is 0 Å². The largest absolute Gasteiger partial charge is 0.475 e. The van der Waals surface area contributed by atoms with E-state index in [2.05, 4.69) is 0 Å². The van der Waals surface area contributed by atoms with E-state index in [4.69, 9.17) is 20.0 Å². The van der Waals surface area contributed by atoms with E-state index in [0.717, 1.165) is 0 Å². The Morgan fingerprint density at radius 1 is 1.60 bits per heavy atom. The lowest BCUT2D eigenvalue weighted by Crippen LogP contribution is -2.37. The second kappa shape index (κ2) is 4.46. The second-order valence-electron chi connectivity index (χ2n) is 4.05. The molecule has 3 N–H and O–H groups in total. The first-order chi connectivity index (χ1) is 6.88. The zero-order valence-corrected chi connectivity index (χ0v) is 8.82. The van der Waals surface area contributed by atoms with Crippen LogP contribution in [-0.4, -0.2) is 23.2 Å². The number of furan rings is 1. The van der Waals surface area contributed by atoms with Crippen molar-refractivity contribution in [3.63, 3.8) is 0 Å². The predicted molar refractivity (Wildman–Crippen MR) is 53.6 cm³/mol. The van der Waals surface area contributed by atoms with E-state index in [0.29, 0.717) is 12.4 Å².